The van der Waals surface area contributed by atoms with Crippen LogP contribution in [-0.2, 0) is 42.7 Å². The lowest BCUT2D eigenvalue weighted by molar-refractivity contribution is -0.140. The number of ketones is 2. The van der Waals surface area contributed by atoms with Gasteiger partial charge in [-0.1, -0.05) is 94.7 Å². The van der Waals surface area contributed by atoms with Gasteiger partial charge in [-0.2, -0.15) is 0 Å². The molecule has 0 radical (unpaired) electrons. The standard InChI is InChI=1S/C8H14O2.C5H12N2.C5H11N.C4H9NO.C4H8O2.C4H8O.C4H6O.C3H4O2.10CH4/c1-7(2)6(9)5-10-8(7,3)4;1-6-3-4-7(2)5-6;1-5(2)4-6(5)3;1-5-2-3-6-4-5;1-2-5-4-6-3-1;1-4(2)3-5-4;1-4-2-3-5-4;4-3-1-5-2-3;;;;;;;;;;/h5H2,1-4H3;3-5H2,1-2H3;4H2,1-3H3;2-4H2,1H3;1-4H2;3H2,1-2H3;1-3H2;1-2H2;10*1H4. The van der Waals surface area contributed by atoms with E-state index in [4.69, 9.17) is 28.4 Å². The van der Waals surface area contributed by atoms with Crippen LogP contribution in [0.2, 0.25) is 0 Å². The number of Topliss-reactive ketones (excluding diaryl/α,β-unsaturated/α-hetero) is 2. The van der Waals surface area contributed by atoms with Crippen LogP contribution < -0.4 is 0 Å². The van der Waals surface area contributed by atoms with Gasteiger partial charge in [0.2, 0.25) is 0 Å². The number of ether oxygens (including phenoxy) is 7. The molecule has 13 nitrogen and oxygen atoms in total. The fourth-order valence-electron chi connectivity index (χ4n) is 3.90. The lowest BCUT2D eigenvalue weighted by Gasteiger charge is -2.30. The summed E-state index contributed by atoms with van der Waals surface area (Å²) in [6.45, 7) is 32.7. The van der Waals surface area contributed by atoms with Crippen molar-refractivity contribution < 1.29 is 42.7 Å². The maximum atomic E-state index is 11.2. The van der Waals surface area contributed by atoms with E-state index in [1.165, 1.54) is 19.6 Å². The van der Waals surface area contributed by atoms with Crippen LogP contribution in [0.15, 0.2) is 12.3 Å². The van der Waals surface area contributed by atoms with E-state index in [0.29, 0.717) is 25.5 Å². The average molecular weight is 877 g/mol. The highest BCUT2D eigenvalue weighted by Crippen LogP contribution is 2.39. The largest absolute Gasteiger partial charge is 0.498 e. The summed E-state index contributed by atoms with van der Waals surface area (Å²) in [6, 6.07) is 0. The van der Waals surface area contributed by atoms with Gasteiger partial charge < -0.3 is 33.2 Å². The van der Waals surface area contributed by atoms with Gasteiger partial charge in [0.1, 0.15) is 26.6 Å². The minimum Gasteiger partial charge on any atom is -0.498 e. The summed E-state index contributed by atoms with van der Waals surface area (Å²) in [5, 5.41) is 0. The summed E-state index contributed by atoms with van der Waals surface area (Å²) >= 11 is 0. The molecular formula is C47H112N4O9. The molecule has 0 aromatic heterocycles. The normalized spacial score (nSPS) is 22.9. The van der Waals surface area contributed by atoms with Crippen LogP contribution in [0.5, 0.6) is 0 Å². The minimum atomic E-state index is -0.312. The molecule has 8 aliphatic rings. The van der Waals surface area contributed by atoms with Crippen molar-refractivity contribution in [1.29, 1.82) is 0 Å². The molecule has 0 aliphatic carbocycles. The molecule has 8 heterocycles. The Kier molecular flexibility index (Phi) is 55.2. The number of epoxide rings is 1. The highest BCUT2D eigenvalue weighted by atomic mass is 16.7. The zero-order chi connectivity index (χ0) is 38.0. The number of likely N-dealkylation sites (N-methyl/N-ethyl adjacent to an activating group) is 4. The van der Waals surface area contributed by atoms with E-state index in [1.807, 2.05) is 34.7 Å². The summed E-state index contributed by atoms with van der Waals surface area (Å²) in [7, 11) is 8.47. The third kappa shape index (κ3) is 38.2. The lowest BCUT2D eigenvalue weighted by atomic mass is 9.76. The van der Waals surface area contributed by atoms with E-state index in [-0.39, 0.29) is 109 Å². The van der Waals surface area contributed by atoms with Crippen molar-refractivity contribution in [3.63, 3.8) is 0 Å². The van der Waals surface area contributed by atoms with Crippen molar-refractivity contribution in [2.24, 2.45) is 5.41 Å². The van der Waals surface area contributed by atoms with Crippen molar-refractivity contribution in [2.45, 2.75) is 159 Å². The van der Waals surface area contributed by atoms with Gasteiger partial charge in [-0.25, -0.2) is 0 Å². The molecule has 0 saturated carbocycles. The molecule has 8 aliphatic heterocycles. The molecule has 13 heteroatoms. The van der Waals surface area contributed by atoms with Crippen LogP contribution in [0.4, 0.5) is 0 Å². The lowest BCUT2D eigenvalue weighted by Crippen LogP contribution is -2.38. The van der Waals surface area contributed by atoms with Gasteiger partial charge in [0, 0.05) is 38.1 Å². The predicted molar refractivity (Wildman–Crippen MR) is 263 cm³/mol. The Morgan fingerprint density at radius 2 is 0.967 bits per heavy atom. The number of nitrogens with zero attached hydrogens (tertiary/aromatic N) is 4. The predicted octanol–water partition coefficient (Wildman–Crippen LogP) is 9.87. The first-order chi connectivity index (χ1) is 23.2. The van der Waals surface area contributed by atoms with Crippen molar-refractivity contribution in [1.82, 2.24) is 19.6 Å². The molecule has 0 N–H and O–H groups in total. The Hall–Kier alpha value is -1.52. The van der Waals surface area contributed by atoms with E-state index in [0.717, 1.165) is 71.6 Å². The Morgan fingerprint density at radius 1 is 0.583 bits per heavy atom. The molecule has 60 heavy (non-hydrogen) atoms. The molecule has 1 unspecified atom stereocenters. The van der Waals surface area contributed by atoms with Crippen LogP contribution in [-0.4, -0.2) is 175 Å². The van der Waals surface area contributed by atoms with E-state index >= 15 is 0 Å². The van der Waals surface area contributed by atoms with Gasteiger partial charge in [0.15, 0.2) is 11.6 Å². The number of carbonyl (C=O) groups is 2. The fraction of sp³-hybridized carbons (Fsp3) is 0.915. The first-order valence-electron chi connectivity index (χ1n) is 17.9. The Morgan fingerprint density at radius 3 is 1.03 bits per heavy atom. The van der Waals surface area contributed by atoms with Gasteiger partial charge in [0.05, 0.1) is 68.8 Å². The van der Waals surface area contributed by atoms with Gasteiger partial charge in [0.25, 0.3) is 0 Å². The molecule has 374 valence electrons. The molecular weight excluding hydrogens is 765 g/mol. The van der Waals surface area contributed by atoms with Gasteiger partial charge in [-0.3, -0.25) is 29.2 Å². The summed E-state index contributed by atoms with van der Waals surface area (Å²) in [5.41, 5.74) is 0.192. The number of hydrogen-bond donors (Lipinski definition) is 0. The number of rotatable bonds is 0. The van der Waals surface area contributed by atoms with Gasteiger partial charge >= 0.3 is 0 Å². The molecule has 0 bridgehead atoms. The minimum absolute atomic E-state index is 0. The first kappa shape index (κ1) is 82.2. The van der Waals surface area contributed by atoms with Crippen LogP contribution in [0.1, 0.15) is 142 Å². The molecule has 0 amide bonds. The zero-order valence-electron chi connectivity index (χ0n) is 33.7. The summed E-state index contributed by atoms with van der Waals surface area (Å²) in [6.07, 6.45) is 2.12. The smallest absolute Gasteiger partial charge is 0.184 e. The van der Waals surface area contributed by atoms with Crippen molar-refractivity contribution in [3.05, 3.63) is 12.3 Å². The second-order valence-electron chi connectivity index (χ2n) is 15.9. The van der Waals surface area contributed by atoms with Gasteiger partial charge in [-0.15, -0.1) is 0 Å². The highest BCUT2D eigenvalue weighted by Gasteiger charge is 2.49. The van der Waals surface area contributed by atoms with Crippen LogP contribution in [0.25, 0.3) is 0 Å². The Bertz CT molecular complexity index is 941. The van der Waals surface area contributed by atoms with Crippen molar-refractivity contribution in [2.75, 3.05) is 127 Å². The van der Waals surface area contributed by atoms with E-state index in [9.17, 15) is 9.59 Å². The van der Waals surface area contributed by atoms with Crippen LogP contribution in [0.3, 0.4) is 0 Å². The Labute approximate surface area is 377 Å². The fourth-order valence-corrected chi connectivity index (χ4v) is 3.90. The second kappa shape index (κ2) is 40.3. The van der Waals surface area contributed by atoms with Gasteiger partial charge in [-0.05, 0) is 76.2 Å². The average Bonchev–Trinajstić information content (AvgIpc) is 3.60. The third-order valence-electron chi connectivity index (χ3n) is 9.27. The molecule has 0 spiro atoms. The molecule has 8 rings (SSSR count). The summed E-state index contributed by atoms with van der Waals surface area (Å²) in [4.78, 5) is 30.0. The molecule has 8 fully saturated rings. The molecule has 0 aromatic carbocycles. The first-order valence-corrected chi connectivity index (χ1v) is 17.9. The van der Waals surface area contributed by atoms with E-state index in [1.54, 1.807) is 0 Å². The SMILES string of the molecule is C.C.C.C.C.C.C.C.C.C.C1COCOC1.C=C1CCO1.CC1(C)CO1.CC1(C)OCC(=O)C1(C)C.CN1CC1(C)C.CN1CCN(C)C1.CN1CCOC1.O=C1COC1. The van der Waals surface area contributed by atoms with Crippen LogP contribution in [0, 0.1) is 5.41 Å². The molecule has 1 atom stereocenters. The molecule has 0 aromatic rings. The maximum absolute atomic E-state index is 11.2. The van der Waals surface area contributed by atoms with Crippen LogP contribution >= 0.6 is 0 Å². The zero-order valence-corrected chi connectivity index (χ0v) is 33.7. The van der Waals surface area contributed by atoms with Crippen molar-refractivity contribution >= 4 is 11.6 Å². The van der Waals surface area contributed by atoms with E-state index < -0.39 is 0 Å². The number of carbonyl (C=O) groups excluding carboxylic acids is 2. The number of hydrogen-bond acceptors (Lipinski definition) is 13. The molecule has 8 saturated heterocycles. The quantitative estimate of drug-likeness (QED) is 0.215. The second-order valence-corrected chi connectivity index (χ2v) is 15.9. The Balaban J connectivity index is -0.0000000586. The monoisotopic (exact) mass is 877 g/mol. The van der Waals surface area contributed by atoms with Crippen molar-refractivity contribution in [3.8, 4) is 0 Å². The third-order valence-corrected chi connectivity index (χ3v) is 9.27. The summed E-state index contributed by atoms with van der Waals surface area (Å²) < 4.78 is 34.1. The maximum Gasteiger partial charge on any atom is 0.184 e. The topological polar surface area (TPSA) is 115 Å². The van der Waals surface area contributed by atoms with E-state index in [2.05, 4.69) is 79.8 Å². The summed E-state index contributed by atoms with van der Waals surface area (Å²) in [5.74, 6) is 1.35. The highest BCUT2D eigenvalue weighted by molar-refractivity contribution is 5.88.